The molecule has 0 aliphatic carbocycles. The SMILES string of the molecule is CCCNC(=O)[C@@H](C)N(Cc1ccccc1)C(=O)CN(c1ccc(Cl)c(Cl)c1)S(=O)(=O)c1ccccc1. The highest BCUT2D eigenvalue weighted by Gasteiger charge is 2.32. The third kappa shape index (κ3) is 7.25. The monoisotopic (exact) mass is 561 g/mol. The Hall–Kier alpha value is -3.07. The lowest BCUT2D eigenvalue weighted by atomic mass is 10.1. The van der Waals surface area contributed by atoms with E-state index in [1.165, 1.54) is 35.2 Å². The molecule has 0 saturated carbocycles. The summed E-state index contributed by atoms with van der Waals surface area (Å²) in [4.78, 5) is 28.0. The van der Waals surface area contributed by atoms with Crippen molar-refractivity contribution in [3.05, 3.63) is 94.5 Å². The predicted octanol–water partition coefficient (Wildman–Crippen LogP) is 5.13. The smallest absolute Gasteiger partial charge is 0.264 e. The molecule has 0 saturated heterocycles. The molecule has 0 heterocycles. The topological polar surface area (TPSA) is 86.8 Å². The van der Waals surface area contributed by atoms with Gasteiger partial charge in [-0.3, -0.25) is 13.9 Å². The summed E-state index contributed by atoms with van der Waals surface area (Å²) in [5.74, 6) is -0.869. The van der Waals surface area contributed by atoms with Gasteiger partial charge in [-0.15, -0.1) is 0 Å². The van der Waals surface area contributed by atoms with E-state index in [0.29, 0.717) is 6.54 Å². The van der Waals surface area contributed by atoms with E-state index in [9.17, 15) is 18.0 Å². The molecule has 7 nitrogen and oxygen atoms in total. The van der Waals surface area contributed by atoms with Gasteiger partial charge in [0, 0.05) is 13.1 Å². The molecule has 10 heteroatoms. The first-order valence-corrected chi connectivity index (χ1v) is 14.0. The summed E-state index contributed by atoms with van der Waals surface area (Å²) in [5.41, 5.74) is 0.979. The number of hydrogen-bond acceptors (Lipinski definition) is 4. The van der Waals surface area contributed by atoms with Crippen molar-refractivity contribution >= 4 is 50.7 Å². The van der Waals surface area contributed by atoms with E-state index in [4.69, 9.17) is 23.2 Å². The van der Waals surface area contributed by atoms with Crippen molar-refractivity contribution in [2.24, 2.45) is 0 Å². The molecule has 0 spiro atoms. The summed E-state index contributed by atoms with van der Waals surface area (Å²) in [5, 5.41) is 3.21. The molecule has 3 aromatic carbocycles. The Morgan fingerprint density at radius 3 is 2.14 bits per heavy atom. The third-order valence-electron chi connectivity index (χ3n) is 5.71. The first-order valence-electron chi connectivity index (χ1n) is 11.8. The van der Waals surface area contributed by atoms with Crippen LogP contribution in [-0.4, -0.2) is 44.3 Å². The average Bonchev–Trinajstić information content (AvgIpc) is 2.91. The van der Waals surface area contributed by atoms with Crippen LogP contribution in [0.1, 0.15) is 25.8 Å². The van der Waals surface area contributed by atoms with Crippen LogP contribution in [0.25, 0.3) is 0 Å². The second-order valence-electron chi connectivity index (χ2n) is 8.40. The molecule has 0 bridgehead atoms. The predicted molar refractivity (Wildman–Crippen MR) is 147 cm³/mol. The van der Waals surface area contributed by atoms with E-state index in [1.807, 2.05) is 37.3 Å². The fourth-order valence-corrected chi connectivity index (χ4v) is 5.37. The van der Waals surface area contributed by atoms with Crippen LogP contribution in [0, 0.1) is 0 Å². The number of carbonyl (C=O) groups is 2. The number of rotatable bonds is 11. The Bertz CT molecular complexity index is 1320. The third-order valence-corrected chi connectivity index (χ3v) is 8.24. The van der Waals surface area contributed by atoms with Crippen LogP contribution in [0.5, 0.6) is 0 Å². The Morgan fingerprint density at radius 2 is 1.54 bits per heavy atom. The molecule has 3 aromatic rings. The van der Waals surface area contributed by atoms with Gasteiger partial charge in [-0.1, -0.05) is 78.7 Å². The van der Waals surface area contributed by atoms with Gasteiger partial charge in [0.25, 0.3) is 10.0 Å². The Morgan fingerprint density at radius 1 is 0.919 bits per heavy atom. The maximum atomic E-state index is 13.8. The lowest BCUT2D eigenvalue weighted by Crippen LogP contribution is -2.51. The number of anilines is 1. The van der Waals surface area contributed by atoms with E-state index in [2.05, 4.69) is 5.32 Å². The Balaban J connectivity index is 2.02. The van der Waals surface area contributed by atoms with E-state index in [1.54, 1.807) is 25.1 Å². The second kappa shape index (κ2) is 12.9. The summed E-state index contributed by atoms with van der Waals surface area (Å²) in [6.07, 6.45) is 0.742. The van der Waals surface area contributed by atoms with Crippen molar-refractivity contribution in [2.75, 3.05) is 17.4 Å². The molecule has 1 N–H and O–H groups in total. The number of sulfonamides is 1. The highest BCUT2D eigenvalue weighted by atomic mass is 35.5. The van der Waals surface area contributed by atoms with E-state index in [0.717, 1.165) is 16.3 Å². The van der Waals surface area contributed by atoms with Gasteiger partial charge in [-0.25, -0.2) is 8.42 Å². The Kier molecular flexibility index (Phi) is 9.97. The summed E-state index contributed by atoms with van der Waals surface area (Å²) in [6.45, 7) is 3.60. The maximum absolute atomic E-state index is 13.8. The van der Waals surface area contributed by atoms with Crippen molar-refractivity contribution in [1.82, 2.24) is 10.2 Å². The molecule has 0 unspecified atom stereocenters. The average molecular weight is 563 g/mol. The van der Waals surface area contributed by atoms with E-state index >= 15 is 0 Å². The van der Waals surface area contributed by atoms with Crippen LogP contribution in [0.4, 0.5) is 5.69 Å². The fourth-order valence-electron chi connectivity index (χ4n) is 3.65. The number of nitrogens with one attached hydrogen (secondary N) is 1. The van der Waals surface area contributed by atoms with Crippen molar-refractivity contribution in [3.8, 4) is 0 Å². The highest BCUT2D eigenvalue weighted by Crippen LogP contribution is 2.30. The van der Waals surface area contributed by atoms with E-state index < -0.39 is 28.5 Å². The zero-order chi connectivity index (χ0) is 27.0. The van der Waals surface area contributed by atoms with E-state index in [-0.39, 0.29) is 33.1 Å². The van der Waals surface area contributed by atoms with Gasteiger partial charge in [0.05, 0.1) is 20.6 Å². The summed E-state index contributed by atoms with van der Waals surface area (Å²) >= 11 is 12.3. The van der Waals surface area contributed by atoms with Crippen LogP contribution in [-0.2, 0) is 26.2 Å². The molecule has 0 radical (unpaired) electrons. The van der Waals surface area contributed by atoms with Crippen LogP contribution in [0.3, 0.4) is 0 Å². The van der Waals surface area contributed by atoms with Crippen LogP contribution in [0.15, 0.2) is 83.8 Å². The van der Waals surface area contributed by atoms with Gasteiger partial charge in [-0.05, 0) is 49.2 Å². The molecular formula is C27H29Cl2N3O4S. The van der Waals surface area contributed by atoms with Crippen molar-refractivity contribution in [2.45, 2.75) is 37.8 Å². The van der Waals surface area contributed by atoms with Crippen molar-refractivity contribution < 1.29 is 18.0 Å². The quantitative estimate of drug-likeness (QED) is 0.351. The summed E-state index contributed by atoms with van der Waals surface area (Å²) < 4.78 is 28.4. The highest BCUT2D eigenvalue weighted by molar-refractivity contribution is 7.92. The fraction of sp³-hybridized carbons (Fsp3) is 0.259. The minimum absolute atomic E-state index is 0.0113. The number of benzene rings is 3. The number of hydrogen-bond donors (Lipinski definition) is 1. The molecular weight excluding hydrogens is 533 g/mol. The van der Waals surface area contributed by atoms with Gasteiger partial charge < -0.3 is 10.2 Å². The second-order valence-corrected chi connectivity index (χ2v) is 11.1. The van der Waals surface area contributed by atoms with Crippen LogP contribution < -0.4 is 9.62 Å². The number of halogens is 2. The van der Waals surface area contributed by atoms with Crippen LogP contribution >= 0.6 is 23.2 Å². The molecule has 0 aliphatic rings. The number of amides is 2. The molecule has 1 atom stereocenters. The number of nitrogens with zero attached hydrogens (tertiary/aromatic N) is 2. The summed E-state index contributed by atoms with van der Waals surface area (Å²) in [6, 6.07) is 20.5. The molecule has 196 valence electrons. The number of carbonyl (C=O) groups excluding carboxylic acids is 2. The van der Waals surface area contributed by atoms with Gasteiger partial charge in [-0.2, -0.15) is 0 Å². The normalized spacial score (nSPS) is 12.0. The summed E-state index contributed by atoms with van der Waals surface area (Å²) in [7, 11) is -4.16. The minimum Gasteiger partial charge on any atom is -0.354 e. The van der Waals surface area contributed by atoms with Crippen molar-refractivity contribution in [3.63, 3.8) is 0 Å². The zero-order valence-corrected chi connectivity index (χ0v) is 22.9. The first kappa shape index (κ1) is 28.5. The van der Waals surface area contributed by atoms with Crippen molar-refractivity contribution in [1.29, 1.82) is 0 Å². The van der Waals surface area contributed by atoms with Gasteiger partial charge in [0.1, 0.15) is 12.6 Å². The lowest BCUT2D eigenvalue weighted by Gasteiger charge is -2.32. The molecule has 3 rings (SSSR count). The Labute approximate surface area is 228 Å². The molecule has 37 heavy (non-hydrogen) atoms. The molecule has 0 fully saturated rings. The van der Waals surface area contributed by atoms with Crippen LogP contribution in [0.2, 0.25) is 10.0 Å². The van der Waals surface area contributed by atoms with Gasteiger partial charge in [0.2, 0.25) is 11.8 Å². The van der Waals surface area contributed by atoms with Gasteiger partial charge in [0.15, 0.2) is 0 Å². The van der Waals surface area contributed by atoms with Gasteiger partial charge >= 0.3 is 0 Å². The molecule has 0 aromatic heterocycles. The molecule has 2 amide bonds. The minimum atomic E-state index is -4.16. The first-order chi connectivity index (χ1) is 17.6. The lowest BCUT2D eigenvalue weighted by molar-refractivity contribution is -0.139. The zero-order valence-electron chi connectivity index (χ0n) is 20.6. The molecule has 0 aliphatic heterocycles. The largest absolute Gasteiger partial charge is 0.354 e. The maximum Gasteiger partial charge on any atom is 0.264 e. The standard InChI is InChI=1S/C27H29Cl2N3O4S/c1-3-16-30-27(34)20(2)31(18-21-10-6-4-7-11-21)26(33)19-32(22-14-15-24(28)25(29)17-22)37(35,36)23-12-8-5-9-13-23/h4-15,17,20H,3,16,18-19H2,1-2H3,(H,30,34)/t20-/m1/s1.